The van der Waals surface area contributed by atoms with Gasteiger partial charge in [0.1, 0.15) is 11.2 Å². The average molecular weight is 361 g/mol. The highest BCUT2D eigenvalue weighted by Crippen LogP contribution is 2.37. The largest absolute Gasteiger partial charge is 0.465 e. The summed E-state index contributed by atoms with van der Waals surface area (Å²) in [5.41, 5.74) is -0.298. The Labute approximate surface area is 149 Å². The first-order valence-electron chi connectivity index (χ1n) is 8.73. The molecule has 0 spiro atoms. The number of carbonyl (C=O) groups is 1. The minimum absolute atomic E-state index is 0.0565. The Balaban J connectivity index is 1.89. The minimum Gasteiger partial charge on any atom is -0.465 e. The number of ether oxygens (including phenoxy) is 1. The lowest BCUT2D eigenvalue weighted by molar-refractivity contribution is 0.0598. The van der Waals surface area contributed by atoms with Gasteiger partial charge in [-0.2, -0.15) is 0 Å². The van der Waals surface area contributed by atoms with E-state index in [0.29, 0.717) is 18.7 Å². The fraction of sp³-hybridized carbons (Fsp3) is 0.500. The summed E-state index contributed by atoms with van der Waals surface area (Å²) in [5, 5.41) is 9.39. The van der Waals surface area contributed by atoms with Crippen LogP contribution in [-0.2, 0) is 4.74 Å². The van der Waals surface area contributed by atoms with Crippen LogP contribution in [0, 0.1) is 11.7 Å². The first-order valence-corrected chi connectivity index (χ1v) is 8.73. The van der Waals surface area contributed by atoms with E-state index in [0.717, 1.165) is 25.3 Å². The van der Waals surface area contributed by atoms with Gasteiger partial charge in [-0.3, -0.25) is 4.79 Å². The van der Waals surface area contributed by atoms with Gasteiger partial charge < -0.3 is 19.3 Å². The summed E-state index contributed by atoms with van der Waals surface area (Å²) in [6, 6.07) is 1.31. The molecular formula is C18H20FN3O4. The zero-order valence-corrected chi connectivity index (χ0v) is 14.4. The first-order chi connectivity index (χ1) is 12.5. The lowest BCUT2D eigenvalue weighted by Gasteiger charge is -2.20. The molecule has 1 saturated heterocycles. The fourth-order valence-corrected chi connectivity index (χ4v) is 3.52. The summed E-state index contributed by atoms with van der Waals surface area (Å²) < 4.78 is 21.2. The van der Waals surface area contributed by atoms with Crippen molar-refractivity contribution in [2.75, 3.05) is 31.7 Å². The molecule has 26 heavy (non-hydrogen) atoms. The number of hydrogen-bond donors (Lipinski definition) is 1. The van der Waals surface area contributed by atoms with Crippen molar-refractivity contribution >= 4 is 22.8 Å². The van der Waals surface area contributed by atoms with Crippen LogP contribution in [-0.4, -0.2) is 47.4 Å². The van der Waals surface area contributed by atoms with E-state index in [1.807, 2.05) is 0 Å². The van der Waals surface area contributed by atoms with E-state index in [-0.39, 0.29) is 35.3 Å². The van der Waals surface area contributed by atoms with Crippen LogP contribution in [0.3, 0.4) is 0 Å². The Morgan fingerprint density at radius 1 is 1.42 bits per heavy atom. The van der Waals surface area contributed by atoms with E-state index < -0.39 is 17.2 Å². The highest BCUT2D eigenvalue weighted by molar-refractivity contribution is 5.93. The van der Waals surface area contributed by atoms with Gasteiger partial charge in [0, 0.05) is 37.9 Å². The zero-order chi connectivity index (χ0) is 18.4. The number of anilines is 1. The number of aromatic nitrogens is 2. The van der Waals surface area contributed by atoms with Gasteiger partial charge >= 0.3 is 5.97 Å². The molecule has 1 aliphatic carbocycles. The van der Waals surface area contributed by atoms with Gasteiger partial charge in [0.2, 0.25) is 5.43 Å². The predicted octanol–water partition coefficient (Wildman–Crippen LogP) is 1.48. The Morgan fingerprint density at radius 2 is 2.19 bits per heavy atom. The molecule has 0 aromatic carbocycles. The van der Waals surface area contributed by atoms with Gasteiger partial charge in [0.05, 0.1) is 12.5 Å². The van der Waals surface area contributed by atoms with E-state index >= 15 is 0 Å². The number of methoxy groups -OCH3 is 1. The molecule has 2 aliphatic rings. The number of nitrogens with zero attached hydrogens (tertiary/aromatic N) is 3. The molecule has 0 amide bonds. The Hall–Kier alpha value is -2.48. The summed E-state index contributed by atoms with van der Waals surface area (Å²) in [6.07, 6.45) is 4.09. The van der Waals surface area contributed by atoms with Crippen LogP contribution < -0.4 is 10.3 Å². The maximum atomic E-state index is 14.7. The van der Waals surface area contributed by atoms with E-state index in [4.69, 9.17) is 0 Å². The van der Waals surface area contributed by atoms with Crippen molar-refractivity contribution in [3.63, 3.8) is 0 Å². The van der Waals surface area contributed by atoms with E-state index in [2.05, 4.69) is 9.72 Å². The van der Waals surface area contributed by atoms with Crippen LogP contribution in [0.5, 0.6) is 0 Å². The molecule has 2 aromatic heterocycles. The van der Waals surface area contributed by atoms with Crippen molar-refractivity contribution in [2.24, 2.45) is 5.92 Å². The first kappa shape index (κ1) is 17.0. The molecule has 1 atom stereocenters. The molecule has 7 nitrogen and oxygen atoms in total. The number of aliphatic hydroxyl groups excluding tert-OH is 1. The molecule has 8 heteroatoms. The molecule has 1 unspecified atom stereocenters. The van der Waals surface area contributed by atoms with Crippen LogP contribution in [0.1, 0.15) is 35.7 Å². The second-order valence-electron chi connectivity index (χ2n) is 6.95. The van der Waals surface area contributed by atoms with E-state index in [1.54, 1.807) is 9.47 Å². The summed E-state index contributed by atoms with van der Waals surface area (Å²) in [7, 11) is 1.21. The molecular weight excluding hydrogens is 341 g/mol. The number of esters is 1. The number of halogens is 1. The number of hydrogen-bond acceptors (Lipinski definition) is 6. The molecule has 1 N–H and O–H groups in total. The zero-order valence-electron chi connectivity index (χ0n) is 14.4. The van der Waals surface area contributed by atoms with Gasteiger partial charge in [-0.1, -0.05) is 0 Å². The number of rotatable bonds is 4. The molecule has 1 saturated carbocycles. The van der Waals surface area contributed by atoms with Crippen molar-refractivity contribution in [3.8, 4) is 0 Å². The lowest BCUT2D eigenvalue weighted by Crippen LogP contribution is -2.25. The molecule has 138 valence electrons. The lowest BCUT2D eigenvalue weighted by atomic mass is 10.1. The quantitative estimate of drug-likeness (QED) is 0.831. The third-order valence-electron chi connectivity index (χ3n) is 5.13. The third kappa shape index (κ3) is 2.74. The van der Waals surface area contributed by atoms with Crippen molar-refractivity contribution in [3.05, 3.63) is 33.9 Å². The molecule has 0 bridgehead atoms. The monoisotopic (exact) mass is 361 g/mol. The molecule has 2 fully saturated rings. The van der Waals surface area contributed by atoms with E-state index in [9.17, 15) is 19.1 Å². The van der Waals surface area contributed by atoms with Crippen LogP contribution >= 0.6 is 0 Å². The number of aliphatic hydroxyl groups is 1. The minimum atomic E-state index is -0.735. The Kier molecular flexibility index (Phi) is 4.14. The molecule has 3 heterocycles. The van der Waals surface area contributed by atoms with Crippen molar-refractivity contribution in [1.29, 1.82) is 0 Å². The highest BCUT2D eigenvalue weighted by Gasteiger charge is 2.30. The molecule has 0 radical (unpaired) electrons. The smallest absolute Gasteiger partial charge is 0.343 e. The van der Waals surface area contributed by atoms with Crippen LogP contribution in [0.4, 0.5) is 10.2 Å². The number of pyridine rings is 2. The fourth-order valence-electron chi connectivity index (χ4n) is 3.52. The van der Waals surface area contributed by atoms with E-state index in [1.165, 1.54) is 13.3 Å². The van der Waals surface area contributed by atoms with Crippen LogP contribution in [0.25, 0.3) is 11.0 Å². The van der Waals surface area contributed by atoms with Gasteiger partial charge in [-0.05, 0) is 25.3 Å². The van der Waals surface area contributed by atoms with Crippen molar-refractivity contribution < 1.29 is 19.0 Å². The van der Waals surface area contributed by atoms with Gasteiger partial charge in [-0.15, -0.1) is 0 Å². The predicted molar refractivity (Wildman–Crippen MR) is 93.0 cm³/mol. The maximum absolute atomic E-state index is 14.7. The normalized spacial score (nSPS) is 20.0. The van der Waals surface area contributed by atoms with Gasteiger partial charge in [0.15, 0.2) is 11.6 Å². The molecule has 2 aromatic rings. The second kappa shape index (κ2) is 6.35. The van der Waals surface area contributed by atoms with Gasteiger partial charge in [-0.25, -0.2) is 14.2 Å². The second-order valence-corrected chi connectivity index (χ2v) is 6.95. The Morgan fingerprint density at radius 3 is 2.81 bits per heavy atom. The third-order valence-corrected chi connectivity index (χ3v) is 5.13. The SMILES string of the molecule is COC(=O)c1cn(C2CC2)c2nc(N3CCC(CO)C3)c(F)cc2c1=O. The van der Waals surface area contributed by atoms with Crippen LogP contribution in [0.2, 0.25) is 0 Å². The number of carbonyl (C=O) groups excluding carboxylic acids is 1. The number of fused-ring (bicyclic) bond motifs is 1. The standard InChI is InChI=1S/C18H20FN3O4/c1-26-18(25)13-8-22(11-2-3-11)16-12(15(13)24)6-14(19)17(20-16)21-5-4-10(7-21)9-23/h6,8,10-11,23H,2-5,7,9H2,1H3. The summed E-state index contributed by atoms with van der Waals surface area (Å²) >= 11 is 0. The summed E-state index contributed by atoms with van der Waals surface area (Å²) in [5.74, 6) is -1.05. The van der Waals surface area contributed by atoms with Crippen molar-refractivity contribution in [2.45, 2.75) is 25.3 Å². The molecule has 4 rings (SSSR count). The van der Waals surface area contributed by atoms with Crippen LogP contribution in [0.15, 0.2) is 17.1 Å². The summed E-state index contributed by atoms with van der Waals surface area (Å²) in [4.78, 5) is 30.8. The maximum Gasteiger partial charge on any atom is 0.343 e. The van der Waals surface area contributed by atoms with Gasteiger partial charge in [0.25, 0.3) is 0 Å². The highest BCUT2D eigenvalue weighted by atomic mass is 19.1. The Bertz CT molecular complexity index is 938. The molecule has 1 aliphatic heterocycles. The summed E-state index contributed by atoms with van der Waals surface area (Å²) in [6.45, 7) is 1.19. The van der Waals surface area contributed by atoms with Crippen molar-refractivity contribution in [1.82, 2.24) is 9.55 Å². The topological polar surface area (TPSA) is 84.7 Å². The average Bonchev–Trinajstić information content (AvgIpc) is 3.38.